The molecule has 1 aliphatic carbocycles. The topological polar surface area (TPSA) is 29.1 Å². The van der Waals surface area contributed by atoms with E-state index in [9.17, 15) is 4.79 Å². The summed E-state index contributed by atoms with van der Waals surface area (Å²) in [6.45, 7) is 5.85. The van der Waals surface area contributed by atoms with Crippen LogP contribution in [0.4, 0.5) is 0 Å². The highest BCUT2D eigenvalue weighted by molar-refractivity contribution is 7.10. The number of thiophene rings is 1. The van der Waals surface area contributed by atoms with Crippen molar-refractivity contribution in [2.75, 3.05) is 0 Å². The van der Waals surface area contributed by atoms with Gasteiger partial charge < -0.3 is 5.32 Å². The minimum atomic E-state index is -0.947. The second-order valence-electron chi connectivity index (χ2n) is 5.48. The van der Waals surface area contributed by atoms with E-state index < -0.39 is 9.75 Å². The molecule has 1 saturated carbocycles. The zero-order chi connectivity index (χ0) is 15.1. The van der Waals surface area contributed by atoms with E-state index in [0.717, 1.165) is 16.3 Å². The van der Waals surface area contributed by atoms with Gasteiger partial charge in [0.2, 0.25) is 5.91 Å². The summed E-state index contributed by atoms with van der Waals surface area (Å²) in [7, 11) is 0. The molecule has 1 aromatic heterocycles. The van der Waals surface area contributed by atoms with Gasteiger partial charge in [0.25, 0.3) is 0 Å². The predicted molar refractivity (Wildman–Crippen MR) is 87.0 cm³/mol. The normalized spacial score (nSPS) is 29.0. The quantitative estimate of drug-likeness (QED) is 0.765. The molecule has 0 radical (unpaired) electrons. The molecule has 112 valence electrons. The maximum absolute atomic E-state index is 12.5. The number of alkyl halides is 2. The number of amides is 1. The Morgan fingerprint density at radius 3 is 2.55 bits per heavy atom. The summed E-state index contributed by atoms with van der Waals surface area (Å²) in [6, 6.07) is 1.95. The number of nitrogens with one attached hydrogen (secondary N) is 1. The van der Waals surface area contributed by atoms with Crippen LogP contribution in [0, 0.1) is 11.3 Å². The van der Waals surface area contributed by atoms with Crippen molar-refractivity contribution in [3.05, 3.63) is 21.3 Å². The Morgan fingerprint density at radius 2 is 2.15 bits per heavy atom. The molecule has 3 unspecified atom stereocenters. The number of hydrogen-bond donors (Lipinski definition) is 1. The number of carbonyl (C=O) groups excluding carboxylic acids is 1. The van der Waals surface area contributed by atoms with Gasteiger partial charge in [-0.3, -0.25) is 4.79 Å². The van der Waals surface area contributed by atoms with E-state index in [4.69, 9.17) is 34.8 Å². The molecule has 1 aromatic rings. The molecule has 1 heterocycles. The van der Waals surface area contributed by atoms with Gasteiger partial charge in [-0.2, -0.15) is 0 Å². The number of rotatable bonds is 5. The Labute approximate surface area is 138 Å². The van der Waals surface area contributed by atoms with Gasteiger partial charge in [-0.15, -0.1) is 34.5 Å². The number of carbonyl (C=O) groups is 1. The van der Waals surface area contributed by atoms with E-state index in [0.29, 0.717) is 6.42 Å². The number of hydrogen-bond acceptors (Lipinski definition) is 2. The standard InChI is InChI=1S/C14H18Cl3NOS/c1-4-13(9(3)14(13,16)17)12(19)18-8(2)5-11-6-10(15)7-20-11/h6-9H,4-5H2,1-3H3,(H,18,19). The Morgan fingerprint density at radius 1 is 1.55 bits per heavy atom. The molecule has 0 spiro atoms. The van der Waals surface area contributed by atoms with E-state index in [-0.39, 0.29) is 17.9 Å². The molecular weight excluding hydrogens is 337 g/mol. The van der Waals surface area contributed by atoms with Crippen molar-refractivity contribution in [1.82, 2.24) is 5.32 Å². The summed E-state index contributed by atoms with van der Waals surface area (Å²) < 4.78 is -0.947. The fraction of sp³-hybridized carbons (Fsp3) is 0.643. The van der Waals surface area contributed by atoms with Crippen LogP contribution in [-0.4, -0.2) is 16.3 Å². The van der Waals surface area contributed by atoms with Crippen molar-refractivity contribution < 1.29 is 4.79 Å². The lowest BCUT2D eigenvalue weighted by Crippen LogP contribution is -2.41. The molecule has 3 atom stereocenters. The fourth-order valence-corrected chi connectivity index (χ4v) is 5.09. The highest BCUT2D eigenvalue weighted by atomic mass is 35.5. The van der Waals surface area contributed by atoms with Crippen LogP contribution in [0.2, 0.25) is 5.02 Å². The molecule has 0 bridgehead atoms. The minimum absolute atomic E-state index is 0.0216. The fourth-order valence-electron chi connectivity index (χ4n) is 2.86. The highest BCUT2D eigenvalue weighted by Crippen LogP contribution is 2.70. The maximum atomic E-state index is 12.5. The zero-order valence-electron chi connectivity index (χ0n) is 11.7. The first kappa shape index (κ1) is 16.4. The lowest BCUT2D eigenvalue weighted by molar-refractivity contribution is -0.127. The Balaban J connectivity index is 1.98. The van der Waals surface area contributed by atoms with E-state index in [2.05, 4.69) is 5.32 Å². The second kappa shape index (κ2) is 5.68. The molecule has 20 heavy (non-hydrogen) atoms. The Hall–Kier alpha value is 0.0400. The largest absolute Gasteiger partial charge is 0.353 e. The van der Waals surface area contributed by atoms with Gasteiger partial charge in [0, 0.05) is 28.6 Å². The van der Waals surface area contributed by atoms with E-state index in [1.54, 1.807) is 11.3 Å². The molecule has 1 amide bonds. The minimum Gasteiger partial charge on any atom is -0.353 e. The molecule has 2 nitrogen and oxygen atoms in total. The van der Waals surface area contributed by atoms with Crippen molar-refractivity contribution in [2.24, 2.45) is 11.3 Å². The molecule has 0 aliphatic heterocycles. The monoisotopic (exact) mass is 353 g/mol. The van der Waals surface area contributed by atoms with Crippen molar-refractivity contribution in [1.29, 1.82) is 0 Å². The third kappa shape index (κ3) is 2.58. The average Bonchev–Trinajstić information content (AvgIpc) is 2.64. The molecule has 6 heteroatoms. The molecular formula is C14H18Cl3NOS. The molecule has 0 saturated heterocycles. The van der Waals surface area contributed by atoms with Gasteiger partial charge in [0.05, 0.1) is 10.4 Å². The van der Waals surface area contributed by atoms with Gasteiger partial charge in [0.1, 0.15) is 4.33 Å². The van der Waals surface area contributed by atoms with E-state index in [1.165, 1.54) is 0 Å². The van der Waals surface area contributed by atoms with Crippen molar-refractivity contribution in [3.63, 3.8) is 0 Å². The average molecular weight is 355 g/mol. The van der Waals surface area contributed by atoms with Crippen molar-refractivity contribution >= 4 is 52.0 Å². The number of halogens is 3. The molecule has 2 rings (SSSR count). The van der Waals surface area contributed by atoms with Crippen LogP contribution in [0.3, 0.4) is 0 Å². The van der Waals surface area contributed by atoms with Crippen molar-refractivity contribution in [3.8, 4) is 0 Å². The SMILES string of the molecule is CCC1(C(=O)NC(C)Cc2cc(Cl)cs2)C(C)C1(Cl)Cl. The smallest absolute Gasteiger partial charge is 0.229 e. The highest BCUT2D eigenvalue weighted by Gasteiger charge is 2.76. The Bertz CT molecular complexity index is 516. The van der Waals surface area contributed by atoms with Gasteiger partial charge in [-0.25, -0.2) is 0 Å². The molecule has 1 fully saturated rings. The van der Waals surface area contributed by atoms with Crippen LogP contribution in [0.5, 0.6) is 0 Å². The van der Waals surface area contributed by atoms with Gasteiger partial charge in [-0.05, 0) is 19.4 Å². The van der Waals surface area contributed by atoms with Crippen molar-refractivity contribution in [2.45, 2.75) is 44.0 Å². The van der Waals surface area contributed by atoms with Gasteiger partial charge in [0.15, 0.2) is 0 Å². The van der Waals surface area contributed by atoms with Crippen LogP contribution >= 0.6 is 46.1 Å². The molecule has 1 aliphatic rings. The summed E-state index contributed by atoms with van der Waals surface area (Å²) >= 11 is 20.0. The summed E-state index contributed by atoms with van der Waals surface area (Å²) in [6.07, 6.45) is 1.40. The first-order chi connectivity index (χ1) is 9.25. The summed E-state index contributed by atoms with van der Waals surface area (Å²) in [5, 5.41) is 5.67. The maximum Gasteiger partial charge on any atom is 0.229 e. The van der Waals surface area contributed by atoms with Crippen LogP contribution in [0.1, 0.15) is 32.1 Å². The summed E-state index contributed by atoms with van der Waals surface area (Å²) in [5.41, 5.74) is -0.655. The predicted octanol–water partition coefficient (Wildman–Crippen LogP) is 4.67. The van der Waals surface area contributed by atoms with E-state index in [1.807, 2.05) is 32.2 Å². The summed E-state index contributed by atoms with van der Waals surface area (Å²) in [5.74, 6) is -0.0700. The van der Waals surface area contributed by atoms with Crippen LogP contribution in [-0.2, 0) is 11.2 Å². The van der Waals surface area contributed by atoms with E-state index >= 15 is 0 Å². The van der Waals surface area contributed by atoms with Crippen LogP contribution in [0.25, 0.3) is 0 Å². The first-order valence-corrected chi connectivity index (χ1v) is 8.68. The lowest BCUT2D eigenvalue weighted by Gasteiger charge is -2.20. The second-order valence-corrected chi connectivity index (χ2v) is 8.30. The lowest BCUT2D eigenvalue weighted by atomic mass is 9.98. The van der Waals surface area contributed by atoms with Gasteiger partial charge in [-0.1, -0.05) is 25.4 Å². The zero-order valence-corrected chi connectivity index (χ0v) is 14.8. The molecule has 1 N–H and O–H groups in total. The third-order valence-electron chi connectivity index (χ3n) is 4.26. The summed E-state index contributed by atoms with van der Waals surface area (Å²) in [4.78, 5) is 13.6. The van der Waals surface area contributed by atoms with Crippen LogP contribution < -0.4 is 5.32 Å². The Kier molecular flexibility index (Phi) is 4.66. The van der Waals surface area contributed by atoms with Gasteiger partial charge >= 0.3 is 0 Å². The molecule has 0 aromatic carbocycles. The first-order valence-electron chi connectivity index (χ1n) is 6.67. The van der Waals surface area contributed by atoms with Crippen LogP contribution in [0.15, 0.2) is 11.4 Å². The third-order valence-corrected chi connectivity index (χ3v) is 6.90.